The maximum Gasteiger partial charge on any atom is -0.0261 e. The second-order valence-electron chi connectivity index (χ2n) is 9.59. The van der Waals surface area contributed by atoms with Crippen LogP contribution in [0, 0.1) is 40.4 Å². The summed E-state index contributed by atoms with van der Waals surface area (Å²) in [6.07, 6.45) is 12.1. The van der Waals surface area contributed by atoms with Gasteiger partial charge in [0.2, 0.25) is 0 Å². The van der Waals surface area contributed by atoms with Crippen molar-refractivity contribution in [2.24, 2.45) is 40.4 Å². The second kappa shape index (κ2) is 5.03. The fourth-order valence-corrected chi connectivity index (χ4v) is 7.05. The van der Waals surface area contributed by atoms with Gasteiger partial charge in [-0.3, -0.25) is 0 Å². The lowest BCUT2D eigenvalue weighted by Crippen LogP contribution is -2.54. The minimum Gasteiger partial charge on any atom is -0.0625 e. The van der Waals surface area contributed by atoms with E-state index >= 15 is 0 Å². The second-order valence-corrected chi connectivity index (χ2v) is 9.59. The Hall–Kier alpha value is 0. The van der Waals surface area contributed by atoms with Crippen molar-refractivity contribution in [1.29, 1.82) is 0 Å². The van der Waals surface area contributed by atoms with Crippen LogP contribution >= 0.6 is 0 Å². The predicted octanol–water partition coefficient (Wildman–Crippen LogP) is 6.30. The molecule has 20 heavy (non-hydrogen) atoms. The molecule has 0 heteroatoms. The highest BCUT2D eigenvalue weighted by molar-refractivity contribution is 5.05. The third-order valence-corrected chi connectivity index (χ3v) is 7.89. The van der Waals surface area contributed by atoms with Crippen molar-refractivity contribution >= 4 is 0 Å². The van der Waals surface area contributed by atoms with Gasteiger partial charge >= 0.3 is 0 Å². The number of rotatable bonds is 1. The van der Waals surface area contributed by atoms with Gasteiger partial charge in [-0.25, -0.2) is 0 Å². The summed E-state index contributed by atoms with van der Waals surface area (Å²) in [5.41, 5.74) is 1.26. The summed E-state index contributed by atoms with van der Waals surface area (Å²) in [4.78, 5) is 0. The van der Waals surface area contributed by atoms with Crippen LogP contribution in [0.15, 0.2) is 0 Å². The lowest BCUT2D eigenvalue weighted by Gasteiger charge is -2.62. The molecule has 0 aromatic carbocycles. The zero-order valence-corrected chi connectivity index (χ0v) is 14.5. The normalized spacial score (nSPS) is 47.7. The Morgan fingerprint density at radius 1 is 0.850 bits per heavy atom. The molecule has 3 rings (SSSR count). The fourth-order valence-electron chi connectivity index (χ4n) is 7.05. The van der Waals surface area contributed by atoms with E-state index in [9.17, 15) is 0 Å². The summed E-state index contributed by atoms with van der Waals surface area (Å²) >= 11 is 0. The molecule has 0 aromatic rings. The van der Waals surface area contributed by atoms with Crippen molar-refractivity contribution in [3.8, 4) is 0 Å². The highest BCUT2D eigenvalue weighted by atomic mass is 14.6. The molecule has 116 valence electrons. The van der Waals surface area contributed by atoms with E-state index in [0.717, 1.165) is 29.6 Å². The predicted molar refractivity (Wildman–Crippen MR) is 87.6 cm³/mol. The van der Waals surface area contributed by atoms with E-state index in [1.165, 1.54) is 51.4 Å². The molecule has 0 saturated heterocycles. The fraction of sp³-hybridized carbons (Fsp3) is 1.00. The molecule has 0 aromatic heterocycles. The average molecular weight is 277 g/mol. The smallest absolute Gasteiger partial charge is 0.0261 e. The minimum absolute atomic E-state index is 0.600. The standard InChI is InChI=1S/C20H36/c1-14(2)15-8-6-9-17-16(15)10-11-18-19(3,4)12-7-13-20(17,18)5/h14-18H,6-13H2,1-5H3/t15-,16+,17+,18+,20-/m1/s1. The van der Waals surface area contributed by atoms with Crippen molar-refractivity contribution in [3.63, 3.8) is 0 Å². The molecule has 3 fully saturated rings. The molecule has 0 bridgehead atoms. The zero-order chi connectivity index (χ0) is 14.5. The zero-order valence-electron chi connectivity index (χ0n) is 14.5. The monoisotopic (exact) mass is 276 g/mol. The van der Waals surface area contributed by atoms with E-state index in [1.54, 1.807) is 0 Å². The van der Waals surface area contributed by atoms with Gasteiger partial charge in [0, 0.05) is 0 Å². The Labute approximate surface area is 127 Å². The third kappa shape index (κ3) is 2.17. The van der Waals surface area contributed by atoms with Crippen LogP contribution in [0.5, 0.6) is 0 Å². The van der Waals surface area contributed by atoms with E-state index in [-0.39, 0.29) is 0 Å². The quantitative estimate of drug-likeness (QED) is 0.527. The Morgan fingerprint density at radius 3 is 2.30 bits per heavy atom. The van der Waals surface area contributed by atoms with E-state index in [2.05, 4.69) is 34.6 Å². The van der Waals surface area contributed by atoms with Gasteiger partial charge in [0.15, 0.2) is 0 Å². The van der Waals surface area contributed by atoms with Crippen LogP contribution in [0.25, 0.3) is 0 Å². The van der Waals surface area contributed by atoms with Crippen LogP contribution in [0.4, 0.5) is 0 Å². The van der Waals surface area contributed by atoms with Gasteiger partial charge in [0.25, 0.3) is 0 Å². The Kier molecular flexibility index (Phi) is 3.75. The largest absolute Gasteiger partial charge is 0.0625 e. The molecule has 0 unspecified atom stereocenters. The van der Waals surface area contributed by atoms with Crippen LogP contribution in [-0.4, -0.2) is 0 Å². The van der Waals surface area contributed by atoms with Gasteiger partial charge in [-0.1, -0.05) is 47.5 Å². The lowest BCUT2D eigenvalue weighted by molar-refractivity contribution is -0.127. The first-order valence-corrected chi connectivity index (χ1v) is 9.36. The van der Waals surface area contributed by atoms with E-state index in [4.69, 9.17) is 0 Å². The SMILES string of the molecule is CC(C)[C@H]1CCC[C@H]2[C@H]1CC[C@H]1C(C)(C)CCC[C@]21C. The van der Waals surface area contributed by atoms with Crippen LogP contribution in [0.1, 0.15) is 86.0 Å². The van der Waals surface area contributed by atoms with Gasteiger partial charge in [0.05, 0.1) is 0 Å². The molecule has 3 saturated carbocycles. The van der Waals surface area contributed by atoms with Crippen LogP contribution in [0.2, 0.25) is 0 Å². The molecule has 0 spiro atoms. The Bertz CT molecular complexity index is 353. The van der Waals surface area contributed by atoms with Crippen LogP contribution < -0.4 is 0 Å². The van der Waals surface area contributed by atoms with Gasteiger partial charge in [-0.15, -0.1) is 0 Å². The van der Waals surface area contributed by atoms with Crippen molar-refractivity contribution in [3.05, 3.63) is 0 Å². The van der Waals surface area contributed by atoms with Gasteiger partial charge < -0.3 is 0 Å². The number of hydrogen-bond donors (Lipinski definition) is 0. The first-order chi connectivity index (χ1) is 9.36. The maximum atomic E-state index is 2.69. The van der Waals surface area contributed by atoms with Crippen molar-refractivity contribution in [2.45, 2.75) is 86.0 Å². The molecule has 0 heterocycles. The summed E-state index contributed by atoms with van der Waals surface area (Å²) in [7, 11) is 0. The average Bonchev–Trinajstić information content (AvgIpc) is 2.37. The van der Waals surface area contributed by atoms with E-state index in [1.807, 2.05) is 0 Å². The lowest BCUT2D eigenvalue weighted by atomic mass is 9.43. The van der Waals surface area contributed by atoms with E-state index in [0.29, 0.717) is 10.8 Å². The Balaban J connectivity index is 1.90. The molecule has 5 atom stereocenters. The molecular formula is C20H36. The van der Waals surface area contributed by atoms with Crippen LogP contribution in [-0.2, 0) is 0 Å². The van der Waals surface area contributed by atoms with Crippen molar-refractivity contribution in [2.75, 3.05) is 0 Å². The number of hydrogen-bond acceptors (Lipinski definition) is 0. The summed E-state index contributed by atoms with van der Waals surface area (Å²) < 4.78 is 0. The molecule has 0 radical (unpaired) electrons. The Morgan fingerprint density at radius 2 is 1.60 bits per heavy atom. The van der Waals surface area contributed by atoms with Crippen molar-refractivity contribution in [1.82, 2.24) is 0 Å². The summed E-state index contributed by atoms with van der Waals surface area (Å²) in [6, 6.07) is 0. The number of fused-ring (bicyclic) bond motifs is 3. The van der Waals surface area contributed by atoms with Gasteiger partial charge in [0.1, 0.15) is 0 Å². The molecule has 3 aliphatic carbocycles. The molecule has 0 nitrogen and oxygen atoms in total. The first kappa shape index (κ1) is 14.9. The summed E-state index contributed by atoms with van der Waals surface area (Å²) in [5.74, 6) is 5.02. The molecular weight excluding hydrogens is 240 g/mol. The maximum absolute atomic E-state index is 2.69. The highest BCUT2D eigenvalue weighted by Crippen LogP contribution is 2.64. The topological polar surface area (TPSA) is 0 Å². The summed E-state index contributed by atoms with van der Waals surface area (Å²) in [5, 5.41) is 0. The highest BCUT2D eigenvalue weighted by Gasteiger charge is 2.56. The van der Waals surface area contributed by atoms with Gasteiger partial charge in [-0.2, -0.15) is 0 Å². The van der Waals surface area contributed by atoms with Gasteiger partial charge in [-0.05, 0) is 78.9 Å². The van der Waals surface area contributed by atoms with Crippen LogP contribution in [0.3, 0.4) is 0 Å². The molecule has 0 amide bonds. The van der Waals surface area contributed by atoms with E-state index < -0.39 is 0 Å². The third-order valence-electron chi connectivity index (χ3n) is 7.89. The molecule has 0 N–H and O–H groups in total. The molecule has 3 aliphatic rings. The first-order valence-electron chi connectivity index (χ1n) is 9.36. The minimum atomic E-state index is 0.600. The summed E-state index contributed by atoms with van der Waals surface area (Å²) in [6.45, 7) is 12.8. The molecule has 0 aliphatic heterocycles. The van der Waals surface area contributed by atoms with Crippen molar-refractivity contribution < 1.29 is 0 Å².